The molecule has 1 aliphatic rings. The van der Waals surface area contributed by atoms with Crippen LogP contribution in [0, 0.1) is 12.8 Å². The van der Waals surface area contributed by atoms with Crippen LogP contribution in [0.25, 0.3) is 0 Å². The Morgan fingerprint density at radius 2 is 2.12 bits per heavy atom. The van der Waals surface area contributed by atoms with Gasteiger partial charge in [0.2, 0.25) is 11.8 Å². The van der Waals surface area contributed by atoms with Gasteiger partial charge in [0, 0.05) is 13.0 Å². The fourth-order valence-electron chi connectivity index (χ4n) is 2.64. The van der Waals surface area contributed by atoms with Gasteiger partial charge in [-0.15, -0.1) is 0 Å². The number of benzene rings is 1. The van der Waals surface area contributed by atoms with Crippen LogP contribution in [0.2, 0.25) is 0 Å². The molecule has 1 unspecified atom stereocenters. The fourth-order valence-corrected chi connectivity index (χ4v) is 2.64. The van der Waals surface area contributed by atoms with Crippen molar-refractivity contribution in [2.75, 3.05) is 31.7 Å². The first-order chi connectivity index (χ1) is 11.5. The Morgan fingerprint density at radius 1 is 1.38 bits per heavy atom. The Balaban J connectivity index is 2.04. The predicted octanol–water partition coefficient (Wildman–Crippen LogP) is 1.04. The number of esters is 1. The summed E-state index contributed by atoms with van der Waals surface area (Å²) < 4.78 is 10.1. The highest BCUT2D eigenvalue weighted by Gasteiger charge is 2.36. The van der Waals surface area contributed by atoms with Crippen molar-refractivity contribution < 1.29 is 23.9 Å². The van der Waals surface area contributed by atoms with Gasteiger partial charge in [0.25, 0.3) is 0 Å². The molecule has 1 atom stereocenters. The fraction of sp³-hybridized carbons (Fsp3) is 0.471. The summed E-state index contributed by atoms with van der Waals surface area (Å²) in [5, 5.41) is 2.52. The van der Waals surface area contributed by atoms with E-state index in [1.165, 1.54) is 7.11 Å². The summed E-state index contributed by atoms with van der Waals surface area (Å²) in [7, 11) is 1.54. The average molecular weight is 334 g/mol. The summed E-state index contributed by atoms with van der Waals surface area (Å²) in [6.45, 7) is 3.95. The number of aryl methyl sites for hydroxylation is 1. The number of rotatable bonds is 6. The van der Waals surface area contributed by atoms with E-state index < -0.39 is 11.9 Å². The molecule has 2 rings (SSSR count). The van der Waals surface area contributed by atoms with Crippen LogP contribution >= 0.6 is 0 Å². The van der Waals surface area contributed by atoms with Gasteiger partial charge in [-0.25, -0.2) is 0 Å². The van der Waals surface area contributed by atoms with E-state index >= 15 is 0 Å². The number of hydrogen-bond acceptors (Lipinski definition) is 5. The van der Waals surface area contributed by atoms with Crippen LogP contribution in [-0.2, 0) is 19.1 Å². The van der Waals surface area contributed by atoms with E-state index in [4.69, 9.17) is 9.47 Å². The van der Waals surface area contributed by atoms with Crippen molar-refractivity contribution >= 4 is 23.5 Å². The first-order valence-corrected chi connectivity index (χ1v) is 7.84. The normalized spacial score (nSPS) is 16.9. The maximum absolute atomic E-state index is 12.3. The van der Waals surface area contributed by atoms with Gasteiger partial charge in [-0.1, -0.05) is 6.07 Å². The van der Waals surface area contributed by atoms with Crippen molar-refractivity contribution in [2.45, 2.75) is 20.3 Å². The number of carbonyl (C=O) groups is 3. The Kier molecular flexibility index (Phi) is 5.78. The monoisotopic (exact) mass is 334 g/mol. The minimum absolute atomic E-state index is 0.103. The Labute approximate surface area is 140 Å². The molecule has 0 bridgehead atoms. The van der Waals surface area contributed by atoms with E-state index in [1.54, 1.807) is 17.9 Å². The molecule has 130 valence electrons. The molecular weight excluding hydrogens is 312 g/mol. The van der Waals surface area contributed by atoms with Gasteiger partial charge in [0.1, 0.15) is 12.3 Å². The number of nitrogens with zero attached hydrogens (tertiary/aromatic N) is 1. The van der Waals surface area contributed by atoms with E-state index in [1.807, 2.05) is 19.1 Å². The number of hydrogen-bond donors (Lipinski definition) is 1. The highest BCUT2D eigenvalue weighted by atomic mass is 16.5. The van der Waals surface area contributed by atoms with E-state index in [-0.39, 0.29) is 37.9 Å². The molecule has 1 N–H and O–H groups in total. The molecular formula is C17H22N2O5. The molecule has 0 saturated carbocycles. The quantitative estimate of drug-likeness (QED) is 0.786. The third kappa shape index (κ3) is 4.04. The molecule has 0 spiro atoms. The van der Waals surface area contributed by atoms with Crippen LogP contribution in [0.15, 0.2) is 18.2 Å². The molecule has 0 aromatic heterocycles. The van der Waals surface area contributed by atoms with Crippen molar-refractivity contribution in [2.24, 2.45) is 5.92 Å². The zero-order valence-electron chi connectivity index (χ0n) is 14.1. The van der Waals surface area contributed by atoms with Crippen LogP contribution < -0.4 is 15.0 Å². The topological polar surface area (TPSA) is 84.9 Å². The number of methoxy groups -OCH3 is 1. The second-order valence-electron chi connectivity index (χ2n) is 5.60. The van der Waals surface area contributed by atoms with Crippen molar-refractivity contribution in [3.8, 4) is 5.75 Å². The number of carbonyl (C=O) groups excluding carboxylic acids is 3. The van der Waals surface area contributed by atoms with Crippen molar-refractivity contribution in [1.29, 1.82) is 0 Å². The summed E-state index contributed by atoms with van der Waals surface area (Å²) >= 11 is 0. The molecule has 1 saturated heterocycles. The Morgan fingerprint density at radius 3 is 2.79 bits per heavy atom. The Bertz CT molecular complexity index is 644. The van der Waals surface area contributed by atoms with E-state index in [0.29, 0.717) is 11.4 Å². The molecule has 1 aliphatic heterocycles. The van der Waals surface area contributed by atoms with Gasteiger partial charge in [-0.2, -0.15) is 0 Å². The van der Waals surface area contributed by atoms with Gasteiger partial charge in [-0.05, 0) is 31.5 Å². The molecule has 1 aromatic rings. The largest absolute Gasteiger partial charge is 0.495 e. The molecule has 7 heteroatoms. The van der Waals surface area contributed by atoms with Gasteiger partial charge < -0.3 is 19.7 Å². The first-order valence-electron chi connectivity index (χ1n) is 7.84. The zero-order chi connectivity index (χ0) is 17.7. The number of nitrogens with one attached hydrogen (secondary N) is 1. The number of amides is 2. The van der Waals surface area contributed by atoms with Crippen LogP contribution in [0.5, 0.6) is 5.75 Å². The van der Waals surface area contributed by atoms with E-state index in [9.17, 15) is 14.4 Å². The van der Waals surface area contributed by atoms with E-state index in [2.05, 4.69) is 5.32 Å². The van der Waals surface area contributed by atoms with Crippen molar-refractivity contribution in [3.05, 3.63) is 23.8 Å². The van der Waals surface area contributed by atoms with Crippen LogP contribution in [0.3, 0.4) is 0 Å². The summed E-state index contributed by atoms with van der Waals surface area (Å²) in [5.74, 6) is -0.883. The smallest absolute Gasteiger partial charge is 0.325 e. The van der Waals surface area contributed by atoms with Gasteiger partial charge in [0.05, 0.1) is 25.3 Å². The third-order valence-corrected chi connectivity index (χ3v) is 3.83. The second-order valence-corrected chi connectivity index (χ2v) is 5.60. The molecule has 1 fully saturated rings. The zero-order valence-corrected chi connectivity index (χ0v) is 14.1. The molecule has 1 heterocycles. The number of ether oxygens (including phenoxy) is 2. The summed E-state index contributed by atoms with van der Waals surface area (Å²) in [6.07, 6.45) is 0.103. The van der Waals surface area contributed by atoms with E-state index in [0.717, 1.165) is 5.56 Å². The lowest BCUT2D eigenvalue weighted by Crippen LogP contribution is -2.36. The van der Waals surface area contributed by atoms with Crippen molar-refractivity contribution in [1.82, 2.24) is 5.32 Å². The molecule has 0 radical (unpaired) electrons. The summed E-state index contributed by atoms with van der Waals surface area (Å²) in [4.78, 5) is 37.3. The second kappa shape index (κ2) is 7.81. The minimum Gasteiger partial charge on any atom is -0.495 e. The minimum atomic E-state index is -0.503. The van der Waals surface area contributed by atoms with Crippen LogP contribution in [0.1, 0.15) is 18.9 Å². The molecule has 7 nitrogen and oxygen atoms in total. The molecule has 24 heavy (non-hydrogen) atoms. The molecule has 0 aliphatic carbocycles. The molecule has 1 aromatic carbocycles. The first kappa shape index (κ1) is 17.8. The lowest BCUT2D eigenvalue weighted by atomic mass is 10.1. The van der Waals surface area contributed by atoms with Gasteiger partial charge in [-0.3, -0.25) is 14.4 Å². The highest BCUT2D eigenvalue weighted by molar-refractivity contribution is 6.01. The lowest BCUT2D eigenvalue weighted by Gasteiger charge is -2.20. The molecule has 2 amide bonds. The number of anilines is 1. The standard InChI is InChI=1S/C17H22N2O5/c1-4-24-16(21)9-18-17(22)12-8-15(20)19(10-12)13-7-11(2)5-6-14(13)23-3/h5-7,12H,4,8-10H2,1-3H3,(H,18,22). The summed E-state index contributed by atoms with van der Waals surface area (Å²) in [5.41, 5.74) is 1.65. The summed E-state index contributed by atoms with van der Waals surface area (Å²) in [6, 6.07) is 5.55. The SMILES string of the molecule is CCOC(=O)CNC(=O)C1CC(=O)N(c2cc(C)ccc2OC)C1. The van der Waals surface area contributed by atoms with Gasteiger partial charge in [0.15, 0.2) is 0 Å². The highest BCUT2D eigenvalue weighted by Crippen LogP contribution is 2.33. The Hall–Kier alpha value is -2.57. The van der Waals surface area contributed by atoms with Crippen molar-refractivity contribution in [3.63, 3.8) is 0 Å². The van der Waals surface area contributed by atoms with Crippen LogP contribution in [0.4, 0.5) is 5.69 Å². The predicted molar refractivity (Wildman–Crippen MR) is 87.8 cm³/mol. The van der Waals surface area contributed by atoms with Gasteiger partial charge >= 0.3 is 5.97 Å². The average Bonchev–Trinajstić information content (AvgIpc) is 2.94. The van der Waals surface area contributed by atoms with Crippen LogP contribution in [-0.4, -0.2) is 44.6 Å². The lowest BCUT2D eigenvalue weighted by molar-refractivity contribution is -0.143. The maximum atomic E-state index is 12.3. The third-order valence-electron chi connectivity index (χ3n) is 3.83. The maximum Gasteiger partial charge on any atom is 0.325 e.